The predicted molar refractivity (Wildman–Crippen MR) is 284 cm³/mol. The fourth-order valence-electron chi connectivity index (χ4n) is 10.2. The normalized spacial score (nSPS) is 16.4. The van der Waals surface area contributed by atoms with E-state index >= 15 is 0 Å². The second-order valence-corrected chi connectivity index (χ2v) is 20.9. The Morgan fingerprint density at radius 2 is 1.29 bits per heavy atom. The van der Waals surface area contributed by atoms with Gasteiger partial charge in [0.25, 0.3) is 8.53 Å². The van der Waals surface area contributed by atoms with E-state index in [-0.39, 0.29) is 29.5 Å². The van der Waals surface area contributed by atoms with Crippen LogP contribution in [0.2, 0.25) is 0 Å². The van der Waals surface area contributed by atoms with E-state index < -0.39 is 14.1 Å². The van der Waals surface area contributed by atoms with Crippen LogP contribution in [0, 0.1) is 11.3 Å². The van der Waals surface area contributed by atoms with Gasteiger partial charge in [-0.3, -0.25) is 0 Å². The second-order valence-electron chi connectivity index (χ2n) is 19.5. The minimum atomic E-state index is -1.29. The zero-order chi connectivity index (χ0) is 49.0. The molecule has 5 aromatic carbocycles. The van der Waals surface area contributed by atoms with Crippen molar-refractivity contribution >= 4 is 25.6 Å². The molecule has 1 N–H and O–H groups in total. The third-order valence-corrected chi connectivity index (χ3v) is 15.6. The van der Waals surface area contributed by atoms with Gasteiger partial charge in [0.1, 0.15) is 5.60 Å². The standard InChI is InChI=1S/C60H72N4O4P/c1-46(2)64(47(3)4)69(67-43-22-39-61)68-44-24-41-63-55-32-21-19-30-53(55)59(7,8)57(63)34-17-11-16-33-56-58(5,6)52-29-18-20-31-54(52)62(56)40-23-42-66-60(49-25-12-9-13-26-49,50-27-14-10-15-28-50)51-37-35-48(45-65)36-38-51/h9-21,25-38,46-47,65H,22-24,40-45H2,1-8H3/q+1. The number of aliphatic hydroxyl groups excluding tert-OH is 1. The summed E-state index contributed by atoms with van der Waals surface area (Å²) in [5, 5.41) is 19.1. The molecule has 69 heavy (non-hydrogen) atoms. The summed E-state index contributed by atoms with van der Waals surface area (Å²) in [6.45, 7) is 21.0. The second kappa shape index (κ2) is 23.4. The summed E-state index contributed by atoms with van der Waals surface area (Å²) < 4.78 is 24.6. The first-order valence-electron chi connectivity index (χ1n) is 24.7. The number of aliphatic hydroxyl groups is 1. The maximum Gasteiger partial charge on any atom is 0.259 e. The Morgan fingerprint density at radius 3 is 1.93 bits per heavy atom. The Balaban J connectivity index is 1.10. The maximum atomic E-state index is 9.89. The number of fused-ring (bicyclic) bond motifs is 2. The lowest BCUT2D eigenvalue weighted by Crippen LogP contribution is -2.34. The van der Waals surface area contributed by atoms with Gasteiger partial charge < -0.3 is 23.8 Å². The molecule has 0 aromatic heterocycles. The summed E-state index contributed by atoms with van der Waals surface area (Å²) in [5.74, 6) is 0. The molecule has 5 aromatic rings. The highest BCUT2D eigenvalue weighted by atomic mass is 31.2. The lowest BCUT2D eigenvalue weighted by molar-refractivity contribution is -0.438. The Bertz CT molecular complexity index is 2580. The first-order chi connectivity index (χ1) is 33.4. The van der Waals surface area contributed by atoms with Crippen molar-refractivity contribution in [1.29, 1.82) is 5.26 Å². The number of nitriles is 1. The molecule has 0 amide bonds. The highest BCUT2D eigenvalue weighted by Gasteiger charge is 2.44. The smallest absolute Gasteiger partial charge is 0.259 e. The number of allylic oxidation sites excluding steroid dienone is 6. The lowest BCUT2D eigenvalue weighted by atomic mass is 9.80. The van der Waals surface area contributed by atoms with E-state index in [9.17, 15) is 5.11 Å². The fourth-order valence-corrected chi connectivity index (χ4v) is 11.8. The van der Waals surface area contributed by atoms with Gasteiger partial charge in [-0.25, -0.2) is 4.67 Å². The molecule has 0 spiro atoms. The summed E-state index contributed by atoms with van der Waals surface area (Å²) >= 11 is 0. The van der Waals surface area contributed by atoms with Crippen LogP contribution in [0.5, 0.6) is 0 Å². The van der Waals surface area contributed by atoms with Crippen LogP contribution in [0.4, 0.5) is 11.4 Å². The Labute approximate surface area is 413 Å². The fraction of sp³-hybridized carbons (Fsp3) is 0.367. The molecule has 0 saturated heterocycles. The van der Waals surface area contributed by atoms with Crippen molar-refractivity contribution in [3.63, 3.8) is 0 Å². The van der Waals surface area contributed by atoms with E-state index in [4.69, 9.17) is 19.0 Å². The number of hydrogen-bond acceptors (Lipinski definition) is 7. The number of hydrogen-bond donors (Lipinski definition) is 1. The Hall–Kier alpha value is -5.49. The van der Waals surface area contributed by atoms with Crippen LogP contribution in [-0.2, 0) is 36.8 Å². The summed E-state index contributed by atoms with van der Waals surface area (Å²) in [7, 11) is -1.29. The van der Waals surface area contributed by atoms with Gasteiger partial charge in [-0.2, -0.15) is 9.84 Å². The molecule has 360 valence electrons. The number of anilines is 1. The van der Waals surface area contributed by atoms with Crippen molar-refractivity contribution in [3.05, 3.63) is 203 Å². The average molecular weight is 944 g/mol. The molecule has 0 bridgehead atoms. The molecule has 0 aliphatic carbocycles. The molecule has 0 fully saturated rings. The van der Waals surface area contributed by atoms with Crippen LogP contribution in [0.25, 0.3) is 0 Å². The maximum absolute atomic E-state index is 9.89. The summed E-state index contributed by atoms with van der Waals surface area (Å²) in [4.78, 5) is 2.48. The Morgan fingerprint density at radius 1 is 0.696 bits per heavy atom. The van der Waals surface area contributed by atoms with E-state index in [2.05, 4.69) is 215 Å². The number of ether oxygens (including phenoxy) is 1. The van der Waals surface area contributed by atoms with E-state index in [1.165, 1.54) is 33.9 Å². The summed E-state index contributed by atoms with van der Waals surface area (Å²) in [6, 6.07) is 49.4. The van der Waals surface area contributed by atoms with Gasteiger partial charge in [0.05, 0.1) is 44.3 Å². The van der Waals surface area contributed by atoms with Gasteiger partial charge >= 0.3 is 0 Å². The molecule has 0 radical (unpaired) electrons. The van der Waals surface area contributed by atoms with Crippen LogP contribution in [0.3, 0.4) is 0 Å². The molecule has 2 aliphatic rings. The van der Waals surface area contributed by atoms with Gasteiger partial charge in [0.15, 0.2) is 12.3 Å². The lowest BCUT2D eigenvalue weighted by Gasteiger charge is -2.36. The number of rotatable bonds is 23. The summed E-state index contributed by atoms with van der Waals surface area (Å²) in [5.41, 5.74) is 10.4. The van der Waals surface area contributed by atoms with Gasteiger partial charge in [-0.15, -0.1) is 0 Å². The van der Waals surface area contributed by atoms with Crippen LogP contribution in [0.1, 0.15) is 108 Å². The SMILES string of the molecule is CC(C)N(C(C)C)P(OCCC#N)OCCC[N+]1=C(/C=C/C=C/C=C2\N(CCCOC(c3ccccc3)(c3ccccc3)c3ccc(CO)cc3)c3ccccc3C2(C)C)C(C)(C)c2ccccc21. The van der Waals surface area contributed by atoms with Crippen molar-refractivity contribution in [1.82, 2.24) is 4.67 Å². The van der Waals surface area contributed by atoms with Gasteiger partial charge in [-0.1, -0.05) is 153 Å². The predicted octanol–water partition coefficient (Wildman–Crippen LogP) is 13.4. The molecule has 2 aliphatic heterocycles. The molecule has 0 saturated carbocycles. The molecular formula is C60H72N4O4P+. The zero-order valence-electron chi connectivity index (χ0n) is 42.0. The highest BCUT2D eigenvalue weighted by Crippen LogP contribution is 2.49. The summed E-state index contributed by atoms with van der Waals surface area (Å²) in [6.07, 6.45) is 13.1. The molecular weight excluding hydrogens is 872 g/mol. The minimum Gasteiger partial charge on any atom is -0.392 e. The largest absolute Gasteiger partial charge is 0.392 e. The van der Waals surface area contributed by atoms with E-state index in [1.54, 1.807) is 0 Å². The monoisotopic (exact) mass is 944 g/mol. The van der Waals surface area contributed by atoms with Gasteiger partial charge in [0, 0.05) is 59.6 Å². The third-order valence-electron chi connectivity index (χ3n) is 13.5. The first kappa shape index (κ1) is 51.4. The van der Waals surface area contributed by atoms with Gasteiger partial charge in [-0.05, 0) is 87.9 Å². The van der Waals surface area contributed by atoms with E-state index in [0.717, 1.165) is 48.2 Å². The third kappa shape index (κ3) is 11.3. The topological polar surface area (TPSA) is 81.2 Å². The minimum absolute atomic E-state index is 0.0111. The Kier molecular flexibility index (Phi) is 17.4. The molecule has 2 heterocycles. The van der Waals surface area contributed by atoms with E-state index in [1.807, 2.05) is 24.3 Å². The van der Waals surface area contributed by atoms with Crippen LogP contribution in [-0.4, -0.2) is 65.1 Å². The first-order valence-corrected chi connectivity index (χ1v) is 25.8. The molecule has 7 rings (SSSR count). The van der Waals surface area contributed by atoms with Crippen molar-refractivity contribution in [2.45, 2.75) is 110 Å². The van der Waals surface area contributed by atoms with Crippen molar-refractivity contribution in [3.8, 4) is 6.07 Å². The highest BCUT2D eigenvalue weighted by molar-refractivity contribution is 7.44. The van der Waals surface area contributed by atoms with Crippen LogP contribution >= 0.6 is 8.53 Å². The number of nitrogens with zero attached hydrogens (tertiary/aromatic N) is 4. The molecule has 8 nitrogen and oxygen atoms in total. The van der Waals surface area contributed by atoms with Crippen molar-refractivity contribution in [2.24, 2.45) is 0 Å². The average Bonchev–Trinajstić information content (AvgIpc) is 3.70. The van der Waals surface area contributed by atoms with Crippen LogP contribution in [0.15, 0.2) is 170 Å². The van der Waals surface area contributed by atoms with Gasteiger partial charge in [0.2, 0.25) is 5.69 Å². The molecule has 9 heteroatoms. The molecule has 1 atom stereocenters. The molecule has 1 unspecified atom stereocenters. The zero-order valence-corrected chi connectivity index (χ0v) is 42.9. The van der Waals surface area contributed by atoms with E-state index in [0.29, 0.717) is 26.2 Å². The number of para-hydroxylation sites is 2. The quantitative estimate of drug-likeness (QED) is 0.0230. The van der Waals surface area contributed by atoms with Crippen LogP contribution < -0.4 is 4.90 Å². The number of benzene rings is 5. The van der Waals surface area contributed by atoms with Crippen molar-refractivity contribution in [2.75, 3.05) is 37.8 Å². The van der Waals surface area contributed by atoms with Crippen molar-refractivity contribution < 1.29 is 23.5 Å².